The van der Waals surface area contributed by atoms with Crippen molar-refractivity contribution in [2.24, 2.45) is 0 Å². The molecule has 0 radical (unpaired) electrons. The number of nitrogens with zero attached hydrogens (tertiary/aromatic N) is 3. The average Bonchev–Trinajstić information content (AvgIpc) is 3.00. The number of esters is 1. The van der Waals surface area contributed by atoms with Crippen molar-refractivity contribution in [3.63, 3.8) is 0 Å². The first-order valence-electron chi connectivity index (χ1n) is 8.90. The minimum absolute atomic E-state index is 0.0416. The van der Waals surface area contributed by atoms with Gasteiger partial charge in [0.15, 0.2) is 12.3 Å². The molecule has 0 aliphatic heterocycles. The minimum atomic E-state index is -0.940. The molecule has 0 saturated carbocycles. The molecule has 0 spiro atoms. The van der Waals surface area contributed by atoms with E-state index in [2.05, 4.69) is 16.4 Å². The molecule has 0 aliphatic carbocycles. The van der Waals surface area contributed by atoms with E-state index in [-0.39, 0.29) is 26.6 Å². The lowest BCUT2D eigenvalue weighted by Gasteiger charge is -2.13. The number of carbonyl (C=O) groups is 2. The van der Waals surface area contributed by atoms with Gasteiger partial charge in [0.05, 0.1) is 20.6 Å². The van der Waals surface area contributed by atoms with E-state index in [1.165, 1.54) is 0 Å². The Kier molecular flexibility index (Phi) is 6.86. The molecule has 10 heteroatoms. The molecule has 158 valence electrons. The van der Waals surface area contributed by atoms with Crippen LogP contribution in [0.2, 0.25) is 15.1 Å². The van der Waals surface area contributed by atoms with Crippen molar-refractivity contribution >= 4 is 52.5 Å². The number of amides is 1. The number of carbonyl (C=O) groups excluding carboxylic acids is 2. The number of nitrogens with one attached hydrogen (secondary N) is 1. The van der Waals surface area contributed by atoms with Crippen molar-refractivity contribution in [1.82, 2.24) is 9.55 Å². The van der Waals surface area contributed by atoms with Gasteiger partial charge in [0.2, 0.25) is 0 Å². The third-order valence-corrected chi connectivity index (χ3v) is 5.78. The van der Waals surface area contributed by atoms with Crippen LogP contribution in [0.5, 0.6) is 0 Å². The van der Waals surface area contributed by atoms with Crippen molar-refractivity contribution in [3.05, 3.63) is 74.1 Å². The van der Waals surface area contributed by atoms with Crippen LogP contribution in [0.3, 0.4) is 0 Å². The van der Waals surface area contributed by atoms with Crippen molar-refractivity contribution in [3.8, 4) is 11.8 Å². The lowest BCUT2D eigenvalue weighted by atomic mass is 10.2. The Balaban J connectivity index is 1.81. The number of ether oxygens (including phenoxy) is 1. The first-order chi connectivity index (χ1) is 14.8. The van der Waals surface area contributed by atoms with Crippen LogP contribution in [-0.4, -0.2) is 28.0 Å². The standard InChI is InChI=1S/C21H15Cl3N4O3/c1-11-12(2)28(13-6-4-3-5-7-13)20(14(11)8-25)27-16(29)10-31-21(30)19-18(24)17(23)15(22)9-26-19/h3-7,9H,10H2,1-2H3,(H,27,29). The summed E-state index contributed by atoms with van der Waals surface area (Å²) in [6.07, 6.45) is 1.16. The number of hydrogen-bond donors (Lipinski definition) is 1. The van der Waals surface area contributed by atoms with Crippen LogP contribution in [0.4, 0.5) is 5.82 Å². The van der Waals surface area contributed by atoms with E-state index in [0.717, 1.165) is 23.1 Å². The molecule has 3 rings (SSSR count). The molecule has 0 unspecified atom stereocenters. The molecule has 31 heavy (non-hydrogen) atoms. The number of benzene rings is 1. The molecule has 0 bridgehead atoms. The van der Waals surface area contributed by atoms with Crippen LogP contribution >= 0.6 is 34.8 Å². The summed E-state index contributed by atoms with van der Waals surface area (Å²) in [6.45, 7) is 3.01. The molecular formula is C21H15Cl3N4O3. The topological polar surface area (TPSA) is 97.0 Å². The van der Waals surface area contributed by atoms with E-state index in [0.29, 0.717) is 5.56 Å². The fourth-order valence-electron chi connectivity index (χ4n) is 2.91. The first kappa shape index (κ1) is 22.6. The summed E-state index contributed by atoms with van der Waals surface area (Å²) in [7, 11) is 0. The molecular weight excluding hydrogens is 463 g/mol. The highest BCUT2D eigenvalue weighted by atomic mass is 35.5. The van der Waals surface area contributed by atoms with Gasteiger partial charge in [-0.2, -0.15) is 5.26 Å². The van der Waals surface area contributed by atoms with Gasteiger partial charge in [-0.25, -0.2) is 9.78 Å². The molecule has 2 aromatic heterocycles. The predicted octanol–water partition coefficient (Wildman–Crippen LogP) is 5.12. The van der Waals surface area contributed by atoms with Crippen LogP contribution in [0, 0.1) is 25.2 Å². The summed E-state index contributed by atoms with van der Waals surface area (Å²) in [5, 5.41) is 12.1. The second kappa shape index (κ2) is 9.40. The van der Waals surface area contributed by atoms with Crippen LogP contribution in [0.25, 0.3) is 5.69 Å². The smallest absolute Gasteiger partial charge is 0.359 e. The molecule has 7 nitrogen and oxygen atoms in total. The van der Waals surface area contributed by atoms with E-state index >= 15 is 0 Å². The zero-order chi connectivity index (χ0) is 22.7. The highest BCUT2D eigenvalue weighted by Gasteiger charge is 2.23. The Morgan fingerprint density at radius 2 is 1.84 bits per heavy atom. The summed E-state index contributed by atoms with van der Waals surface area (Å²) in [5.74, 6) is -1.30. The van der Waals surface area contributed by atoms with Gasteiger partial charge in [0.1, 0.15) is 11.9 Å². The molecule has 0 saturated heterocycles. The molecule has 1 N–H and O–H groups in total. The maximum absolute atomic E-state index is 12.5. The number of nitriles is 1. The molecule has 2 heterocycles. The first-order valence-corrected chi connectivity index (χ1v) is 10.0. The number of rotatable bonds is 5. The Morgan fingerprint density at radius 3 is 2.48 bits per heavy atom. The highest BCUT2D eigenvalue weighted by Crippen LogP contribution is 2.32. The van der Waals surface area contributed by atoms with Crippen LogP contribution in [0.15, 0.2) is 36.5 Å². The van der Waals surface area contributed by atoms with E-state index < -0.39 is 18.5 Å². The van der Waals surface area contributed by atoms with Gasteiger partial charge in [-0.1, -0.05) is 53.0 Å². The van der Waals surface area contributed by atoms with Crippen molar-refractivity contribution < 1.29 is 14.3 Å². The lowest BCUT2D eigenvalue weighted by molar-refractivity contribution is -0.119. The van der Waals surface area contributed by atoms with Crippen LogP contribution < -0.4 is 5.32 Å². The van der Waals surface area contributed by atoms with Gasteiger partial charge in [-0.15, -0.1) is 0 Å². The Hall–Kier alpha value is -3.05. The second-order valence-electron chi connectivity index (χ2n) is 6.42. The minimum Gasteiger partial charge on any atom is -0.451 e. The van der Waals surface area contributed by atoms with Crippen LogP contribution in [0.1, 0.15) is 27.3 Å². The van der Waals surface area contributed by atoms with Crippen molar-refractivity contribution in [2.75, 3.05) is 11.9 Å². The van der Waals surface area contributed by atoms with Crippen molar-refractivity contribution in [2.45, 2.75) is 13.8 Å². The fraction of sp³-hybridized carbons (Fsp3) is 0.143. The number of pyridine rings is 1. The molecule has 1 aromatic carbocycles. The number of halogens is 3. The summed E-state index contributed by atoms with van der Waals surface area (Å²) in [4.78, 5) is 28.6. The Morgan fingerprint density at radius 1 is 1.16 bits per heavy atom. The van der Waals surface area contributed by atoms with Gasteiger partial charge in [-0.05, 0) is 31.5 Å². The molecule has 0 fully saturated rings. The zero-order valence-corrected chi connectivity index (χ0v) is 18.6. The van der Waals surface area contributed by atoms with Gasteiger partial charge < -0.3 is 10.1 Å². The molecule has 0 aliphatic rings. The van der Waals surface area contributed by atoms with Gasteiger partial charge >= 0.3 is 5.97 Å². The van der Waals surface area contributed by atoms with E-state index in [1.54, 1.807) is 11.5 Å². The van der Waals surface area contributed by atoms with E-state index in [4.69, 9.17) is 39.5 Å². The Bertz CT molecular complexity index is 1220. The number of hydrogen-bond acceptors (Lipinski definition) is 5. The normalized spacial score (nSPS) is 10.5. The third-order valence-electron chi connectivity index (χ3n) is 4.54. The SMILES string of the molecule is Cc1c(C#N)c(NC(=O)COC(=O)c2ncc(Cl)c(Cl)c2Cl)n(-c2ccccc2)c1C. The second-order valence-corrected chi connectivity index (χ2v) is 7.59. The Labute approximate surface area is 193 Å². The van der Waals surface area contributed by atoms with Gasteiger partial charge in [-0.3, -0.25) is 9.36 Å². The fourth-order valence-corrected chi connectivity index (χ4v) is 3.47. The third kappa shape index (κ3) is 4.52. The molecule has 3 aromatic rings. The van der Waals surface area contributed by atoms with E-state index in [1.807, 2.05) is 37.3 Å². The summed E-state index contributed by atoms with van der Waals surface area (Å²) >= 11 is 17.7. The van der Waals surface area contributed by atoms with E-state index in [9.17, 15) is 14.9 Å². The lowest BCUT2D eigenvalue weighted by Crippen LogP contribution is -2.23. The molecule has 1 amide bonds. The maximum atomic E-state index is 12.5. The monoisotopic (exact) mass is 476 g/mol. The summed E-state index contributed by atoms with van der Waals surface area (Å²) in [6, 6.07) is 11.4. The van der Waals surface area contributed by atoms with Gasteiger partial charge in [0, 0.05) is 17.6 Å². The zero-order valence-electron chi connectivity index (χ0n) is 16.4. The summed E-state index contributed by atoms with van der Waals surface area (Å²) < 4.78 is 6.76. The van der Waals surface area contributed by atoms with Crippen molar-refractivity contribution in [1.29, 1.82) is 5.26 Å². The largest absolute Gasteiger partial charge is 0.451 e. The highest BCUT2D eigenvalue weighted by molar-refractivity contribution is 6.48. The molecule has 0 atom stereocenters. The summed E-state index contributed by atoms with van der Waals surface area (Å²) in [5.41, 5.74) is 2.34. The number of aromatic nitrogens is 2. The number of anilines is 1. The quantitative estimate of drug-likeness (QED) is 0.515. The number of para-hydroxylation sites is 1. The van der Waals surface area contributed by atoms with Crippen LogP contribution in [-0.2, 0) is 9.53 Å². The predicted molar refractivity (Wildman–Crippen MR) is 118 cm³/mol. The van der Waals surface area contributed by atoms with Gasteiger partial charge in [0.25, 0.3) is 5.91 Å². The maximum Gasteiger partial charge on any atom is 0.359 e. The average molecular weight is 478 g/mol.